The first-order valence-corrected chi connectivity index (χ1v) is 13.7. The van der Waals surface area contributed by atoms with Gasteiger partial charge in [-0.25, -0.2) is 0 Å². The summed E-state index contributed by atoms with van der Waals surface area (Å²) in [5.74, 6) is 0.606. The van der Waals surface area contributed by atoms with Crippen LogP contribution in [-0.2, 0) is 22.6 Å². The number of carbonyl (C=O) groups excluding carboxylic acids is 2. The number of nitrogens with zero attached hydrogens (tertiary/aromatic N) is 1. The third kappa shape index (κ3) is 9.36. The third-order valence-electron chi connectivity index (χ3n) is 6.36. The number of hydrogen-bond acceptors (Lipinski definition) is 3. The maximum Gasteiger partial charge on any atom is 0.243 e. The van der Waals surface area contributed by atoms with Crippen molar-refractivity contribution >= 4 is 27.7 Å². The van der Waals surface area contributed by atoms with Crippen LogP contribution in [0.25, 0.3) is 0 Å². The van der Waals surface area contributed by atoms with Crippen molar-refractivity contribution in [3.05, 3.63) is 100 Å². The number of nitrogens with one attached hydrogen (secondary N) is 1. The lowest BCUT2D eigenvalue weighted by atomic mass is 10.0. The molecule has 0 heterocycles. The lowest BCUT2D eigenvalue weighted by Gasteiger charge is -2.32. The Morgan fingerprint density at radius 1 is 0.946 bits per heavy atom. The largest absolute Gasteiger partial charge is 0.494 e. The molecule has 3 rings (SSSR count). The summed E-state index contributed by atoms with van der Waals surface area (Å²) in [6.45, 7) is 6.85. The molecule has 2 amide bonds. The van der Waals surface area contributed by atoms with E-state index in [4.69, 9.17) is 4.74 Å². The van der Waals surface area contributed by atoms with Crippen LogP contribution in [0.4, 0.5) is 0 Å². The molecule has 5 nitrogen and oxygen atoms in total. The van der Waals surface area contributed by atoms with Crippen LogP contribution < -0.4 is 10.1 Å². The van der Waals surface area contributed by atoms with Gasteiger partial charge in [-0.05, 0) is 62.1 Å². The van der Waals surface area contributed by atoms with Gasteiger partial charge in [0.05, 0.1) is 6.61 Å². The van der Waals surface area contributed by atoms with Crippen LogP contribution in [0.5, 0.6) is 5.75 Å². The lowest BCUT2D eigenvalue weighted by molar-refractivity contribution is -0.141. The first kappa shape index (κ1) is 28.5. The van der Waals surface area contributed by atoms with Gasteiger partial charge in [-0.3, -0.25) is 9.59 Å². The minimum absolute atomic E-state index is 0.0262. The molecule has 0 aliphatic heterocycles. The number of ether oxygens (including phenoxy) is 1. The van der Waals surface area contributed by atoms with E-state index in [2.05, 4.69) is 21.2 Å². The molecule has 0 aliphatic carbocycles. The van der Waals surface area contributed by atoms with Gasteiger partial charge < -0.3 is 15.0 Å². The standard InChI is InChI=1S/C31H37BrN2O3/c1-4-24(3)33-31(36)29(21-25-9-6-5-7-10-25)34(22-26-14-16-27(32)17-15-26)30(35)11-8-20-37-28-18-12-23(2)13-19-28/h5-7,9-10,12-19,24,29H,4,8,11,20-22H2,1-3H3,(H,33,36)/t24-,29-/m0/s1. The highest BCUT2D eigenvalue weighted by Crippen LogP contribution is 2.19. The van der Waals surface area contributed by atoms with Crippen molar-refractivity contribution in [2.75, 3.05) is 6.61 Å². The van der Waals surface area contributed by atoms with Gasteiger partial charge in [0.2, 0.25) is 11.8 Å². The predicted octanol–water partition coefficient (Wildman–Crippen LogP) is 6.47. The number of halogens is 1. The fourth-order valence-corrected chi connectivity index (χ4v) is 4.24. The van der Waals surface area contributed by atoms with E-state index in [0.29, 0.717) is 32.4 Å². The molecule has 37 heavy (non-hydrogen) atoms. The van der Waals surface area contributed by atoms with E-state index in [-0.39, 0.29) is 17.9 Å². The van der Waals surface area contributed by atoms with Crippen LogP contribution in [0.1, 0.15) is 49.8 Å². The molecule has 3 aromatic carbocycles. The fraction of sp³-hybridized carbons (Fsp3) is 0.355. The number of hydrogen-bond donors (Lipinski definition) is 1. The summed E-state index contributed by atoms with van der Waals surface area (Å²) in [5.41, 5.74) is 3.16. The Hall–Kier alpha value is -3.12. The molecule has 0 spiro atoms. The Labute approximate surface area is 229 Å². The summed E-state index contributed by atoms with van der Waals surface area (Å²) in [5, 5.41) is 3.11. The fourth-order valence-electron chi connectivity index (χ4n) is 3.97. The SMILES string of the molecule is CC[C@H](C)NC(=O)[C@H](Cc1ccccc1)N(Cc1ccc(Br)cc1)C(=O)CCCOc1ccc(C)cc1. The molecular weight excluding hydrogens is 528 g/mol. The van der Waals surface area contributed by atoms with Crippen molar-refractivity contribution in [1.29, 1.82) is 0 Å². The van der Waals surface area contributed by atoms with Gasteiger partial charge in [-0.2, -0.15) is 0 Å². The molecule has 0 unspecified atom stereocenters. The molecule has 0 fully saturated rings. The van der Waals surface area contributed by atoms with Gasteiger partial charge in [-0.15, -0.1) is 0 Å². The Kier molecular flexibility index (Phi) is 11.2. The molecule has 2 atom stereocenters. The first-order chi connectivity index (χ1) is 17.9. The summed E-state index contributed by atoms with van der Waals surface area (Å²) >= 11 is 3.48. The Bertz CT molecular complexity index is 1120. The highest BCUT2D eigenvalue weighted by molar-refractivity contribution is 9.10. The van der Waals surface area contributed by atoms with E-state index in [1.165, 1.54) is 5.56 Å². The predicted molar refractivity (Wildman–Crippen MR) is 152 cm³/mol. The van der Waals surface area contributed by atoms with Crippen LogP contribution in [0, 0.1) is 6.92 Å². The third-order valence-corrected chi connectivity index (χ3v) is 6.89. The monoisotopic (exact) mass is 564 g/mol. The van der Waals surface area contributed by atoms with Gasteiger partial charge in [-0.1, -0.05) is 83.0 Å². The van der Waals surface area contributed by atoms with Crippen molar-refractivity contribution in [3.63, 3.8) is 0 Å². The zero-order chi connectivity index (χ0) is 26.6. The summed E-state index contributed by atoms with van der Waals surface area (Å²) in [7, 11) is 0. The second kappa shape index (κ2) is 14.6. The van der Waals surface area contributed by atoms with E-state index < -0.39 is 6.04 Å². The van der Waals surface area contributed by atoms with Gasteiger partial charge in [0, 0.05) is 29.9 Å². The topological polar surface area (TPSA) is 58.6 Å². The average molecular weight is 566 g/mol. The molecular formula is C31H37BrN2O3. The number of benzene rings is 3. The first-order valence-electron chi connectivity index (χ1n) is 12.9. The minimum atomic E-state index is -0.620. The Morgan fingerprint density at radius 3 is 2.27 bits per heavy atom. The second-order valence-electron chi connectivity index (χ2n) is 9.44. The van der Waals surface area contributed by atoms with Crippen molar-refractivity contribution < 1.29 is 14.3 Å². The van der Waals surface area contributed by atoms with E-state index in [9.17, 15) is 9.59 Å². The van der Waals surface area contributed by atoms with Gasteiger partial charge in [0.1, 0.15) is 11.8 Å². The van der Waals surface area contributed by atoms with Crippen molar-refractivity contribution in [2.24, 2.45) is 0 Å². The van der Waals surface area contributed by atoms with Crippen LogP contribution in [0.15, 0.2) is 83.3 Å². The summed E-state index contributed by atoms with van der Waals surface area (Å²) in [6.07, 6.45) is 2.13. The maximum absolute atomic E-state index is 13.6. The summed E-state index contributed by atoms with van der Waals surface area (Å²) in [6, 6.07) is 25.0. The zero-order valence-corrected chi connectivity index (χ0v) is 23.5. The van der Waals surface area contributed by atoms with Crippen molar-refractivity contribution in [3.8, 4) is 5.75 Å². The molecule has 0 bridgehead atoms. The van der Waals surface area contributed by atoms with E-state index in [0.717, 1.165) is 27.8 Å². The molecule has 6 heteroatoms. The normalized spacial score (nSPS) is 12.4. The molecule has 0 saturated carbocycles. The molecule has 1 N–H and O–H groups in total. The highest BCUT2D eigenvalue weighted by atomic mass is 79.9. The van der Waals surface area contributed by atoms with Crippen molar-refractivity contribution in [2.45, 2.75) is 65.1 Å². The summed E-state index contributed by atoms with van der Waals surface area (Å²) < 4.78 is 6.81. The molecule has 196 valence electrons. The number of amides is 2. The van der Waals surface area contributed by atoms with Crippen LogP contribution >= 0.6 is 15.9 Å². The quantitative estimate of drug-likeness (QED) is 0.242. The highest BCUT2D eigenvalue weighted by Gasteiger charge is 2.30. The molecule has 3 aromatic rings. The van der Waals surface area contributed by atoms with E-state index in [1.807, 2.05) is 99.6 Å². The van der Waals surface area contributed by atoms with Gasteiger partial charge in [0.25, 0.3) is 0 Å². The summed E-state index contributed by atoms with van der Waals surface area (Å²) in [4.78, 5) is 28.9. The van der Waals surface area contributed by atoms with Crippen LogP contribution in [0.3, 0.4) is 0 Å². The lowest BCUT2D eigenvalue weighted by Crippen LogP contribution is -2.52. The van der Waals surface area contributed by atoms with Gasteiger partial charge in [0.15, 0.2) is 0 Å². The Balaban J connectivity index is 1.78. The number of rotatable bonds is 13. The Morgan fingerprint density at radius 2 is 1.62 bits per heavy atom. The second-order valence-corrected chi connectivity index (χ2v) is 10.4. The molecule has 0 radical (unpaired) electrons. The maximum atomic E-state index is 13.6. The number of aryl methyl sites for hydroxylation is 1. The van der Waals surface area contributed by atoms with Gasteiger partial charge >= 0.3 is 0 Å². The van der Waals surface area contributed by atoms with Crippen LogP contribution in [-0.4, -0.2) is 35.4 Å². The smallest absolute Gasteiger partial charge is 0.243 e. The number of carbonyl (C=O) groups is 2. The molecule has 0 saturated heterocycles. The molecule has 0 aliphatic rings. The van der Waals surface area contributed by atoms with E-state index in [1.54, 1.807) is 4.90 Å². The average Bonchev–Trinajstić information content (AvgIpc) is 2.91. The zero-order valence-electron chi connectivity index (χ0n) is 22.0. The van der Waals surface area contributed by atoms with Crippen molar-refractivity contribution in [1.82, 2.24) is 10.2 Å². The minimum Gasteiger partial charge on any atom is -0.494 e. The van der Waals surface area contributed by atoms with Crippen LogP contribution in [0.2, 0.25) is 0 Å². The van der Waals surface area contributed by atoms with E-state index >= 15 is 0 Å². The molecule has 0 aromatic heterocycles.